The molecule has 13 aromatic rings. The summed E-state index contributed by atoms with van der Waals surface area (Å²) in [4.78, 5) is 13.4. The Hall–Kier alpha value is -7.80. The van der Waals surface area contributed by atoms with E-state index in [4.69, 9.17) is 14.4 Å². The number of furan rings is 1. The number of aromatic nitrogens is 3. The van der Waals surface area contributed by atoms with Crippen LogP contribution in [0.25, 0.3) is 103 Å². The van der Waals surface area contributed by atoms with E-state index in [0.717, 1.165) is 82.3 Å². The van der Waals surface area contributed by atoms with Gasteiger partial charge in [-0.2, -0.15) is 0 Å². The van der Waals surface area contributed by atoms with Gasteiger partial charge in [-0.25, -0.2) is 9.97 Å². The van der Waals surface area contributed by atoms with Crippen molar-refractivity contribution in [2.24, 2.45) is 0 Å². The Bertz CT molecular complexity index is 3810. The monoisotopic (exact) mass is 784 g/mol. The van der Waals surface area contributed by atoms with Crippen molar-refractivity contribution in [3.05, 3.63) is 194 Å². The van der Waals surface area contributed by atoms with E-state index in [1.807, 2.05) is 0 Å². The molecule has 6 heteroatoms. The summed E-state index contributed by atoms with van der Waals surface area (Å²) in [6, 6.07) is 68.9. The second-order valence-corrected chi connectivity index (χ2v) is 16.4. The van der Waals surface area contributed by atoms with Gasteiger partial charge < -0.3 is 9.32 Å². The van der Waals surface area contributed by atoms with E-state index in [1.165, 1.54) is 31.6 Å². The van der Waals surface area contributed by atoms with Gasteiger partial charge in [0.05, 0.1) is 26.9 Å². The van der Waals surface area contributed by atoms with Crippen LogP contribution >= 0.6 is 11.3 Å². The van der Waals surface area contributed by atoms with Crippen molar-refractivity contribution in [3.8, 4) is 17.2 Å². The standard InChI is InChI=1S/C54H32N4OS/c1-3-15-36(16-4-1)57(37-17-5-2-6-18-37)38-26-29-44-43(32-38)49-39-19-9-7-13-33(39)24-28-45(49)58(44)54-55-51(53-52(56-54)42-21-11-12-22-48(42)60-53)35-23-27-41-47(31-35)59-46-30-25-34-14-8-10-20-40(34)50(41)46/h1-32H. The zero-order valence-corrected chi connectivity index (χ0v) is 32.9. The van der Waals surface area contributed by atoms with E-state index in [1.54, 1.807) is 11.3 Å². The molecule has 0 unspecified atom stereocenters. The Morgan fingerprint density at radius 2 is 1.10 bits per heavy atom. The van der Waals surface area contributed by atoms with Crippen LogP contribution in [-0.2, 0) is 0 Å². The van der Waals surface area contributed by atoms with Crippen LogP contribution in [0.1, 0.15) is 0 Å². The van der Waals surface area contributed by atoms with Gasteiger partial charge in [0.25, 0.3) is 0 Å². The number of hydrogen-bond acceptors (Lipinski definition) is 5. The first kappa shape index (κ1) is 33.2. The Morgan fingerprint density at radius 1 is 0.450 bits per heavy atom. The number of benzene rings is 9. The fraction of sp³-hybridized carbons (Fsp3) is 0. The fourth-order valence-corrected chi connectivity index (χ4v) is 10.5. The number of fused-ring (bicyclic) bond motifs is 13. The van der Waals surface area contributed by atoms with Crippen LogP contribution in [0.3, 0.4) is 0 Å². The molecule has 0 radical (unpaired) electrons. The molecule has 0 bridgehead atoms. The molecular weight excluding hydrogens is 753 g/mol. The molecule has 0 fully saturated rings. The first-order valence-corrected chi connectivity index (χ1v) is 21.0. The molecule has 280 valence electrons. The van der Waals surface area contributed by atoms with Gasteiger partial charge in [0.15, 0.2) is 0 Å². The summed E-state index contributed by atoms with van der Waals surface area (Å²) in [7, 11) is 0. The third-order valence-corrected chi connectivity index (χ3v) is 13.1. The number of anilines is 3. The van der Waals surface area contributed by atoms with Gasteiger partial charge in [0.1, 0.15) is 11.2 Å². The van der Waals surface area contributed by atoms with Crippen molar-refractivity contribution in [1.29, 1.82) is 0 Å². The minimum absolute atomic E-state index is 0.628. The largest absolute Gasteiger partial charge is 0.456 e. The summed E-state index contributed by atoms with van der Waals surface area (Å²) >= 11 is 1.74. The highest BCUT2D eigenvalue weighted by Crippen LogP contribution is 2.44. The Kier molecular flexibility index (Phi) is 7.11. The van der Waals surface area contributed by atoms with E-state index in [9.17, 15) is 0 Å². The zero-order valence-electron chi connectivity index (χ0n) is 32.1. The van der Waals surface area contributed by atoms with Crippen LogP contribution in [0, 0.1) is 0 Å². The predicted molar refractivity (Wildman–Crippen MR) is 252 cm³/mol. The number of rotatable bonds is 5. The molecular formula is C54H32N4OS. The van der Waals surface area contributed by atoms with Crippen molar-refractivity contribution in [3.63, 3.8) is 0 Å². The molecule has 0 spiro atoms. The average Bonchev–Trinajstić information content (AvgIpc) is 3.99. The second-order valence-electron chi connectivity index (χ2n) is 15.3. The Balaban J connectivity index is 1.09. The van der Waals surface area contributed by atoms with Crippen LogP contribution < -0.4 is 4.90 Å². The van der Waals surface area contributed by atoms with Gasteiger partial charge in [-0.15, -0.1) is 11.3 Å². The van der Waals surface area contributed by atoms with E-state index >= 15 is 0 Å². The molecule has 4 heterocycles. The molecule has 13 rings (SSSR count). The topological polar surface area (TPSA) is 47.1 Å². The van der Waals surface area contributed by atoms with Gasteiger partial charge in [0.2, 0.25) is 5.95 Å². The summed E-state index contributed by atoms with van der Waals surface area (Å²) in [5.41, 5.74) is 9.88. The van der Waals surface area contributed by atoms with E-state index in [-0.39, 0.29) is 0 Å². The summed E-state index contributed by atoms with van der Waals surface area (Å²) in [6.45, 7) is 0. The highest BCUT2D eigenvalue weighted by molar-refractivity contribution is 7.26. The zero-order chi connectivity index (χ0) is 39.3. The summed E-state index contributed by atoms with van der Waals surface area (Å²) in [6.07, 6.45) is 0. The Morgan fingerprint density at radius 3 is 1.87 bits per heavy atom. The number of para-hydroxylation sites is 2. The maximum Gasteiger partial charge on any atom is 0.235 e. The molecule has 0 saturated heterocycles. The lowest BCUT2D eigenvalue weighted by molar-refractivity contribution is 0.669. The van der Waals surface area contributed by atoms with Crippen molar-refractivity contribution >= 4 is 114 Å². The highest BCUT2D eigenvalue weighted by atomic mass is 32.1. The fourth-order valence-electron chi connectivity index (χ4n) is 9.30. The summed E-state index contributed by atoms with van der Waals surface area (Å²) in [5.74, 6) is 0.628. The van der Waals surface area contributed by atoms with Gasteiger partial charge >= 0.3 is 0 Å². The molecule has 0 saturated carbocycles. The maximum atomic E-state index is 6.60. The summed E-state index contributed by atoms with van der Waals surface area (Å²) in [5, 5.41) is 10.4. The molecule has 0 aliphatic carbocycles. The van der Waals surface area contributed by atoms with Crippen LogP contribution in [-0.4, -0.2) is 14.5 Å². The van der Waals surface area contributed by atoms with E-state index < -0.39 is 0 Å². The van der Waals surface area contributed by atoms with Gasteiger partial charge in [-0.3, -0.25) is 4.57 Å². The number of hydrogen-bond donors (Lipinski definition) is 0. The third-order valence-electron chi connectivity index (χ3n) is 12.0. The molecule has 4 aromatic heterocycles. The van der Waals surface area contributed by atoms with Crippen LogP contribution in [0.2, 0.25) is 0 Å². The molecule has 5 nitrogen and oxygen atoms in total. The normalized spacial score (nSPS) is 12.0. The smallest absolute Gasteiger partial charge is 0.235 e. The molecule has 0 atom stereocenters. The van der Waals surface area contributed by atoms with Crippen LogP contribution in [0.15, 0.2) is 199 Å². The SMILES string of the molecule is c1ccc(N(c2ccccc2)c2ccc3c(c2)c2c4ccccc4ccc2n3-c2nc(-c3ccc4c(c3)oc3ccc5ccccc5c34)c3sc4ccccc4c3n2)cc1. The quantitative estimate of drug-likeness (QED) is 0.174. The molecule has 0 aliphatic rings. The van der Waals surface area contributed by atoms with Crippen LogP contribution in [0.5, 0.6) is 0 Å². The van der Waals surface area contributed by atoms with E-state index in [2.05, 4.69) is 204 Å². The number of thiophene rings is 1. The molecule has 0 aliphatic heterocycles. The summed E-state index contributed by atoms with van der Waals surface area (Å²) < 4.78 is 11.1. The lowest BCUT2D eigenvalue weighted by Crippen LogP contribution is -2.09. The van der Waals surface area contributed by atoms with Gasteiger partial charge in [-0.1, -0.05) is 121 Å². The van der Waals surface area contributed by atoms with Crippen molar-refractivity contribution in [2.75, 3.05) is 4.90 Å². The highest BCUT2D eigenvalue weighted by Gasteiger charge is 2.23. The maximum absolute atomic E-state index is 6.60. The van der Waals surface area contributed by atoms with Gasteiger partial charge in [-0.05, 0) is 94.3 Å². The van der Waals surface area contributed by atoms with Crippen LogP contribution in [0.4, 0.5) is 17.1 Å². The lowest BCUT2D eigenvalue weighted by atomic mass is 10.0. The predicted octanol–water partition coefficient (Wildman–Crippen LogP) is 15.3. The second kappa shape index (κ2) is 12.9. The molecule has 60 heavy (non-hydrogen) atoms. The minimum Gasteiger partial charge on any atom is -0.456 e. The molecule has 0 N–H and O–H groups in total. The first-order valence-electron chi connectivity index (χ1n) is 20.2. The number of nitrogens with zero attached hydrogens (tertiary/aromatic N) is 4. The van der Waals surface area contributed by atoms with Gasteiger partial charge in [0, 0.05) is 54.3 Å². The lowest BCUT2D eigenvalue weighted by Gasteiger charge is -2.25. The van der Waals surface area contributed by atoms with Crippen molar-refractivity contribution in [2.45, 2.75) is 0 Å². The van der Waals surface area contributed by atoms with E-state index in [0.29, 0.717) is 5.95 Å². The minimum atomic E-state index is 0.628. The van der Waals surface area contributed by atoms with Crippen molar-refractivity contribution < 1.29 is 4.42 Å². The van der Waals surface area contributed by atoms with Crippen molar-refractivity contribution in [1.82, 2.24) is 14.5 Å². The molecule has 9 aromatic carbocycles. The Labute approximate surface area is 347 Å². The third kappa shape index (κ3) is 4.92. The average molecular weight is 785 g/mol. The molecule has 0 amide bonds. The first-order chi connectivity index (χ1) is 29.7.